The van der Waals surface area contributed by atoms with Gasteiger partial charge >= 0.3 is 0 Å². The third-order valence-corrected chi connectivity index (χ3v) is 14.1. The quantitative estimate of drug-likeness (QED) is 0.0253. The summed E-state index contributed by atoms with van der Waals surface area (Å²) in [4.78, 5) is 1.87. The van der Waals surface area contributed by atoms with Gasteiger partial charge in [-0.25, -0.2) is 0 Å². The number of nitrogens with zero attached hydrogens (tertiary/aromatic N) is 1. The number of aliphatic hydroxyl groups excluding tert-OH is 5. The molecule has 71 heavy (non-hydrogen) atoms. The minimum atomic E-state index is -1.14. The third-order valence-electron chi connectivity index (χ3n) is 12.9. The maximum atomic E-state index is 11.4. The van der Waals surface area contributed by atoms with Crippen LogP contribution in [0.2, 0.25) is 0 Å². The molecule has 2 aromatic heterocycles. The second-order valence-electron chi connectivity index (χ2n) is 17.0. The van der Waals surface area contributed by atoms with E-state index < -0.39 is 58.4 Å². The van der Waals surface area contributed by atoms with E-state index in [0.29, 0.717) is 33.8 Å². The number of aromatic hydroxyl groups is 5. The summed E-state index contributed by atoms with van der Waals surface area (Å²) in [6.07, 6.45) is 4.80. The largest absolute Gasteiger partial charge is 0.506 e. The first-order valence-corrected chi connectivity index (χ1v) is 23.3. The molecule has 0 saturated carbocycles. The van der Waals surface area contributed by atoms with Gasteiger partial charge in [0, 0.05) is 59.1 Å². The van der Waals surface area contributed by atoms with Gasteiger partial charge in [0.05, 0.1) is 5.56 Å². The number of allylic oxidation sites excluding steroid dienone is 2. The van der Waals surface area contributed by atoms with Gasteiger partial charge in [0.25, 0.3) is 0 Å². The smallest absolute Gasteiger partial charge is 0.208 e. The van der Waals surface area contributed by atoms with E-state index in [4.69, 9.17) is 4.42 Å². The SMILES string of the molecule is C=C(/C(O)=C(O)\C(O)=C(\O)CO)c1cccc(N(c2cc(-c3ccc4c(c3)oc3c(/C=C\C)c(CC)ccc34)cc(-c3c(O)c(O)c(O)c(O)c3O)c2)c2ccc3c(c2)sc2c4ccccc4ccc32)c1. The van der Waals surface area contributed by atoms with Crippen molar-refractivity contribution < 1.29 is 55.5 Å². The van der Waals surface area contributed by atoms with Gasteiger partial charge in [0.15, 0.2) is 23.0 Å². The Bertz CT molecular complexity index is 3920. The van der Waals surface area contributed by atoms with Crippen LogP contribution >= 0.6 is 11.3 Å². The number of phenolic OH excluding ortho intramolecular Hbond substituents is 5. The summed E-state index contributed by atoms with van der Waals surface area (Å²) in [5.74, 6) is -9.11. The highest BCUT2D eigenvalue weighted by molar-refractivity contribution is 7.26. The molecule has 0 unspecified atom stereocenters. The molecule has 10 N–H and O–H groups in total. The number of benzene rings is 8. The zero-order valence-corrected chi connectivity index (χ0v) is 39.0. The lowest BCUT2D eigenvalue weighted by Crippen LogP contribution is -2.11. The van der Waals surface area contributed by atoms with Crippen LogP contribution in [-0.2, 0) is 6.42 Å². The van der Waals surface area contributed by atoms with E-state index in [-0.39, 0.29) is 22.3 Å². The fourth-order valence-electron chi connectivity index (χ4n) is 9.26. The Kier molecular flexibility index (Phi) is 11.5. The second kappa shape index (κ2) is 17.8. The zero-order chi connectivity index (χ0) is 50.0. The minimum Gasteiger partial charge on any atom is -0.506 e. The van der Waals surface area contributed by atoms with Crippen molar-refractivity contribution in [1.82, 2.24) is 0 Å². The van der Waals surface area contributed by atoms with E-state index in [2.05, 4.69) is 43.8 Å². The molecule has 354 valence electrons. The van der Waals surface area contributed by atoms with E-state index in [1.165, 1.54) is 0 Å². The lowest BCUT2D eigenvalue weighted by molar-refractivity contribution is 0.213. The van der Waals surface area contributed by atoms with Crippen molar-refractivity contribution in [2.75, 3.05) is 11.5 Å². The van der Waals surface area contributed by atoms with Crippen molar-refractivity contribution in [1.29, 1.82) is 0 Å². The van der Waals surface area contributed by atoms with E-state index in [1.807, 2.05) is 84.6 Å². The molecule has 0 fully saturated rings. The minimum absolute atomic E-state index is 0.113. The number of aliphatic hydroxyl groups is 5. The Hall–Kier alpha value is -9.04. The number of anilines is 3. The second-order valence-corrected chi connectivity index (χ2v) is 18.1. The number of hydrogen-bond donors (Lipinski definition) is 10. The summed E-state index contributed by atoms with van der Waals surface area (Å²) in [5, 5.41) is 112. The fourth-order valence-corrected chi connectivity index (χ4v) is 10.5. The average Bonchev–Trinajstić information content (AvgIpc) is 3.97. The van der Waals surface area contributed by atoms with Crippen molar-refractivity contribution in [2.45, 2.75) is 20.3 Å². The first kappa shape index (κ1) is 45.7. The Balaban J connectivity index is 1.24. The molecule has 0 aliphatic carbocycles. The number of rotatable bonds is 11. The number of aryl methyl sites for hydroxylation is 1. The summed E-state index contributed by atoms with van der Waals surface area (Å²) in [6, 6.07) is 40.1. The van der Waals surface area contributed by atoms with Crippen LogP contribution in [0.25, 0.3) is 86.8 Å². The molecule has 10 aromatic rings. The fraction of sp³-hybridized carbons (Fsp3) is 0.0690. The van der Waals surface area contributed by atoms with Crippen LogP contribution in [0.15, 0.2) is 168 Å². The van der Waals surface area contributed by atoms with Gasteiger partial charge in [-0.2, -0.15) is 0 Å². The molecule has 0 bridgehead atoms. The highest BCUT2D eigenvalue weighted by Gasteiger charge is 2.27. The van der Waals surface area contributed by atoms with E-state index in [0.717, 1.165) is 64.8 Å². The van der Waals surface area contributed by atoms with Crippen molar-refractivity contribution in [2.24, 2.45) is 0 Å². The highest BCUT2D eigenvalue weighted by atomic mass is 32.1. The first-order chi connectivity index (χ1) is 34.2. The van der Waals surface area contributed by atoms with Gasteiger partial charge in [-0.1, -0.05) is 98.5 Å². The molecule has 0 spiro atoms. The van der Waals surface area contributed by atoms with Gasteiger partial charge in [-0.15, -0.1) is 11.3 Å². The zero-order valence-electron chi connectivity index (χ0n) is 38.1. The number of hydrogen-bond acceptors (Lipinski definition) is 13. The third kappa shape index (κ3) is 7.60. The Labute approximate surface area is 409 Å². The maximum Gasteiger partial charge on any atom is 0.208 e. The molecule has 0 radical (unpaired) electrons. The van der Waals surface area contributed by atoms with Crippen molar-refractivity contribution in [3.05, 3.63) is 180 Å². The molecule has 0 atom stereocenters. The molecular weight excluding hydrogens is 919 g/mol. The molecule has 13 heteroatoms. The summed E-state index contributed by atoms with van der Waals surface area (Å²) < 4.78 is 8.66. The lowest BCUT2D eigenvalue weighted by atomic mass is 9.94. The number of thiophene rings is 1. The van der Waals surface area contributed by atoms with E-state index in [1.54, 1.807) is 47.7 Å². The predicted octanol–water partition coefficient (Wildman–Crippen LogP) is 14.7. The Morgan fingerprint density at radius 1 is 0.606 bits per heavy atom. The molecule has 0 amide bonds. The summed E-state index contributed by atoms with van der Waals surface area (Å²) in [5.41, 5.74) is 5.94. The van der Waals surface area contributed by atoms with Gasteiger partial charge in [-0.05, 0) is 107 Å². The van der Waals surface area contributed by atoms with Crippen LogP contribution in [0.5, 0.6) is 28.7 Å². The van der Waals surface area contributed by atoms with E-state index in [9.17, 15) is 51.1 Å². The highest BCUT2D eigenvalue weighted by Crippen LogP contribution is 2.56. The van der Waals surface area contributed by atoms with Crippen LogP contribution in [0.1, 0.15) is 30.5 Å². The monoisotopic (exact) mass is 963 g/mol. The Morgan fingerprint density at radius 3 is 2.04 bits per heavy atom. The Morgan fingerprint density at radius 2 is 1.30 bits per heavy atom. The van der Waals surface area contributed by atoms with Crippen LogP contribution in [0, 0.1) is 0 Å². The molecule has 8 aromatic carbocycles. The number of fused-ring (bicyclic) bond motifs is 8. The first-order valence-electron chi connectivity index (χ1n) is 22.5. The normalized spacial score (nSPS) is 12.7. The average molecular weight is 964 g/mol. The lowest BCUT2D eigenvalue weighted by Gasteiger charge is -2.28. The maximum absolute atomic E-state index is 11.4. The molecule has 0 aliphatic rings. The van der Waals surface area contributed by atoms with Crippen LogP contribution in [0.3, 0.4) is 0 Å². The molecular formula is C58H45NO11S. The predicted molar refractivity (Wildman–Crippen MR) is 283 cm³/mol. The van der Waals surface area contributed by atoms with E-state index >= 15 is 0 Å². The topological polar surface area (TPSA) is 219 Å². The molecule has 10 rings (SSSR count). The van der Waals surface area contributed by atoms with Crippen LogP contribution in [0.4, 0.5) is 17.1 Å². The summed E-state index contributed by atoms with van der Waals surface area (Å²) >= 11 is 1.62. The number of furan rings is 1. The summed E-state index contributed by atoms with van der Waals surface area (Å²) in [7, 11) is 0. The van der Waals surface area contributed by atoms with Gasteiger partial charge in [0.2, 0.25) is 28.8 Å². The van der Waals surface area contributed by atoms with Crippen molar-refractivity contribution >= 4 is 92.9 Å². The standard InChI is InChI=1S/C58H45NO11S/c1-4-9-39-30(5-2)14-19-43-41-18-16-33(26-46(41)70-57(39)43)34-22-35(48-51(64)54(67)56(69)55(68)52(48)65)25-38(24-34)59(36-12-8-11-32(23-36)29(3)49(62)53(66)50(63)45(61)28-60)37-17-21-42-44-20-15-31-10-6-7-13-40(31)58(44)71-47(42)27-37/h4,6-27,60-69H,3,5,28H2,1-2H3/b9-4-,50-45-,53-49-. The van der Waals surface area contributed by atoms with Gasteiger partial charge in [-0.3, -0.25) is 0 Å². The molecule has 0 saturated heterocycles. The summed E-state index contributed by atoms with van der Waals surface area (Å²) in [6.45, 7) is 7.00. The van der Waals surface area contributed by atoms with Crippen LogP contribution in [-0.4, -0.2) is 57.7 Å². The van der Waals surface area contributed by atoms with Gasteiger partial charge < -0.3 is 60.4 Å². The molecule has 12 nitrogen and oxygen atoms in total. The number of phenols is 5. The van der Waals surface area contributed by atoms with Crippen molar-refractivity contribution in [3.63, 3.8) is 0 Å². The molecule has 2 heterocycles. The van der Waals surface area contributed by atoms with Crippen LogP contribution < -0.4 is 4.90 Å². The van der Waals surface area contributed by atoms with Crippen molar-refractivity contribution in [3.8, 4) is 51.0 Å². The van der Waals surface area contributed by atoms with Gasteiger partial charge in [0.1, 0.15) is 17.8 Å². The molecule has 0 aliphatic heterocycles.